The molecule has 0 radical (unpaired) electrons. The van der Waals surface area contributed by atoms with Crippen molar-refractivity contribution in [3.05, 3.63) is 88.0 Å². The highest BCUT2D eigenvalue weighted by atomic mass is 16.6. The maximum atomic E-state index is 13.5. The third-order valence-corrected chi connectivity index (χ3v) is 7.38. The number of nitro benzene ring substituents is 1. The van der Waals surface area contributed by atoms with E-state index in [1.807, 2.05) is 30.3 Å². The quantitative estimate of drug-likeness (QED) is 0.297. The smallest absolute Gasteiger partial charge is 0.270 e. The maximum Gasteiger partial charge on any atom is 0.270 e. The first-order valence-electron chi connectivity index (χ1n) is 13.7. The van der Waals surface area contributed by atoms with Crippen LogP contribution in [0.25, 0.3) is 0 Å². The summed E-state index contributed by atoms with van der Waals surface area (Å²) in [4.78, 5) is 41.4. The van der Waals surface area contributed by atoms with Crippen molar-refractivity contribution >= 4 is 34.6 Å². The van der Waals surface area contributed by atoms with Gasteiger partial charge in [-0.3, -0.25) is 19.7 Å². The van der Waals surface area contributed by atoms with Gasteiger partial charge in [0.25, 0.3) is 17.5 Å². The number of hydrogen-bond acceptors (Lipinski definition) is 8. The Morgan fingerprint density at radius 3 is 2.44 bits per heavy atom. The molecule has 2 fully saturated rings. The van der Waals surface area contributed by atoms with Gasteiger partial charge in [0.15, 0.2) is 0 Å². The summed E-state index contributed by atoms with van der Waals surface area (Å²) in [6, 6.07) is 18.7. The molecular formula is C30H33N5O6. The molecule has 11 nitrogen and oxygen atoms in total. The van der Waals surface area contributed by atoms with Crippen LogP contribution < -0.4 is 25.2 Å². The molecule has 0 spiro atoms. The Balaban J connectivity index is 1.35. The number of non-ortho nitro benzene ring substituents is 1. The molecule has 1 atom stereocenters. The van der Waals surface area contributed by atoms with Gasteiger partial charge < -0.3 is 29.9 Å². The molecule has 3 aromatic rings. The molecule has 2 saturated heterocycles. The molecular weight excluding hydrogens is 526 g/mol. The number of hydrogen-bond donors (Lipinski definition) is 2. The van der Waals surface area contributed by atoms with Gasteiger partial charge in [0.1, 0.15) is 5.75 Å². The Kier molecular flexibility index (Phi) is 8.64. The number of piperazine rings is 1. The predicted octanol–water partition coefficient (Wildman–Crippen LogP) is 4.09. The number of carbonyl (C=O) groups excluding carboxylic acids is 2. The largest absolute Gasteiger partial charge is 0.495 e. The second kappa shape index (κ2) is 12.7. The molecule has 1 unspecified atom stereocenters. The fourth-order valence-electron chi connectivity index (χ4n) is 5.22. The summed E-state index contributed by atoms with van der Waals surface area (Å²) in [6.07, 6.45) is 1.86. The average Bonchev–Trinajstić information content (AvgIpc) is 3.54. The minimum Gasteiger partial charge on any atom is -0.495 e. The number of para-hydroxylation sites is 2. The van der Waals surface area contributed by atoms with Crippen molar-refractivity contribution in [1.82, 2.24) is 5.32 Å². The minimum atomic E-state index is -0.546. The molecule has 0 aliphatic carbocycles. The highest BCUT2D eigenvalue weighted by molar-refractivity contribution is 6.06. The van der Waals surface area contributed by atoms with Crippen LogP contribution in [0.5, 0.6) is 5.75 Å². The predicted molar refractivity (Wildman–Crippen MR) is 156 cm³/mol. The van der Waals surface area contributed by atoms with E-state index >= 15 is 0 Å². The van der Waals surface area contributed by atoms with Crippen LogP contribution in [0.1, 0.15) is 33.6 Å². The van der Waals surface area contributed by atoms with E-state index in [2.05, 4.69) is 20.4 Å². The highest BCUT2D eigenvalue weighted by Crippen LogP contribution is 2.31. The van der Waals surface area contributed by atoms with Crippen molar-refractivity contribution in [2.75, 3.05) is 61.6 Å². The summed E-state index contributed by atoms with van der Waals surface area (Å²) in [5.41, 5.74) is 2.63. The molecule has 0 saturated carbocycles. The van der Waals surface area contributed by atoms with Gasteiger partial charge in [-0.05, 0) is 49.2 Å². The van der Waals surface area contributed by atoms with Crippen LogP contribution in [0.15, 0.2) is 66.7 Å². The summed E-state index contributed by atoms with van der Waals surface area (Å²) >= 11 is 0. The first-order valence-corrected chi connectivity index (χ1v) is 13.7. The second-order valence-corrected chi connectivity index (χ2v) is 9.98. The van der Waals surface area contributed by atoms with Crippen LogP contribution in [0, 0.1) is 10.1 Å². The van der Waals surface area contributed by atoms with Gasteiger partial charge in [-0.1, -0.05) is 18.2 Å². The number of amides is 2. The minimum absolute atomic E-state index is 0.0106. The lowest BCUT2D eigenvalue weighted by Gasteiger charge is -2.38. The second-order valence-electron chi connectivity index (χ2n) is 9.98. The Morgan fingerprint density at radius 1 is 0.976 bits per heavy atom. The van der Waals surface area contributed by atoms with Gasteiger partial charge >= 0.3 is 0 Å². The molecule has 11 heteroatoms. The zero-order chi connectivity index (χ0) is 28.8. The number of nitrogens with one attached hydrogen (secondary N) is 2. The Hall–Kier alpha value is -4.64. The molecule has 2 amide bonds. The van der Waals surface area contributed by atoms with Crippen LogP contribution in [0.4, 0.5) is 22.7 Å². The Bertz CT molecular complexity index is 1420. The third-order valence-electron chi connectivity index (χ3n) is 7.38. The molecule has 41 heavy (non-hydrogen) atoms. The monoisotopic (exact) mass is 559 g/mol. The van der Waals surface area contributed by atoms with E-state index in [1.54, 1.807) is 19.2 Å². The average molecular weight is 560 g/mol. The Labute approximate surface area is 238 Å². The van der Waals surface area contributed by atoms with E-state index in [-0.39, 0.29) is 23.3 Å². The van der Waals surface area contributed by atoms with Gasteiger partial charge in [-0.25, -0.2) is 0 Å². The highest BCUT2D eigenvalue weighted by Gasteiger charge is 2.25. The van der Waals surface area contributed by atoms with Gasteiger partial charge in [0.05, 0.1) is 29.4 Å². The standard InChI is InChI=1S/C30H33N5O6/c1-40-28-10-3-2-9-27(28)34-15-13-33(14-16-34)26-12-11-22(19-25(26)30(37)31-20-24-8-5-17-41-24)32-29(36)21-6-4-7-23(18-21)35(38)39/h2-4,6-7,9-12,18-19,24H,5,8,13-17,20H2,1H3,(H,31,37)(H,32,36). The summed E-state index contributed by atoms with van der Waals surface area (Å²) in [5, 5.41) is 16.9. The Morgan fingerprint density at radius 2 is 1.73 bits per heavy atom. The zero-order valence-electron chi connectivity index (χ0n) is 22.9. The number of anilines is 3. The van der Waals surface area contributed by atoms with Crippen molar-refractivity contribution in [2.24, 2.45) is 0 Å². The third kappa shape index (κ3) is 6.58. The van der Waals surface area contributed by atoms with Crippen molar-refractivity contribution in [2.45, 2.75) is 18.9 Å². The number of carbonyl (C=O) groups is 2. The van der Waals surface area contributed by atoms with Gasteiger partial charge in [0.2, 0.25) is 0 Å². The summed E-state index contributed by atoms with van der Waals surface area (Å²) in [5.74, 6) is 0.0608. The van der Waals surface area contributed by atoms with Gasteiger partial charge in [0, 0.05) is 68.4 Å². The first-order chi connectivity index (χ1) is 19.9. The lowest BCUT2D eigenvalue weighted by atomic mass is 10.1. The van der Waals surface area contributed by atoms with Crippen LogP contribution in [0.3, 0.4) is 0 Å². The number of methoxy groups -OCH3 is 1. The normalized spacial score (nSPS) is 16.8. The fraction of sp³-hybridized carbons (Fsp3) is 0.333. The molecule has 3 aromatic carbocycles. The van der Waals surface area contributed by atoms with E-state index in [9.17, 15) is 19.7 Å². The number of benzene rings is 3. The number of rotatable bonds is 9. The molecule has 2 heterocycles. The lowest BCUT2D eigenvalue weighted by molar-refractivity contribution is -0.384. The number of nitro groups is 1. The van der Waals surface area contributed by atoms with E-state index in [4.69, 9.17) is 9.47 Å². The molecule has 2 aliphatic rings. The molecule has 0 bridgehead atoms. The van der Waals surface area contributed by atoms with Gasteiger partial charge in [-0.15, -0.1) is 0 Å². The first kappa shape index (κ1) is 27.9. The van der Waals surface area contributed by atoms with E-state index < -0.39 is 10.8 Å². The fourth-order valence-corrected chi connectivity index (χ4v) is 5.22. The summed E-state index contributed by atoms with van der Waals surface area (Å²) in [7, 11) is 1.66. The number of ether oxygens (including phenoxy) is 2. The van der Waals surface area contributed by atoms with Crippen molar-refractivity contribution in [3.63, 3.8) is 0 Å². The summed E-state index contributed by atoms with van der Waals surface area (Å²) in [6.45, 7) is 3.95. The van der Waals surface area contributed by atoms with Gasteiger partial charge in [-0.2, -0.15) is 0 Å². The lowest BCUT2D eigenvalue weighted by Crippen LogP contribution is -2.47. The molecule has 2 N–H and O–H groups in total. The van der Waals surface area contributed by atoms with Crippen molar-refractivity contribution in [3.8, 4) is 5.75 Å². The zero-order valence-corrected chi connectivity index (χ0v) is 22.9. The molecule has 2 aliphatic heterocycles. The van der Waals surface area contributed by atoms with Crippen LogP contribution >= 0.6 is 0 Å². The van der Waals surface area contributed by atoms with Crippen molar-refractivity contribution < 1.29 is 24.0 Å². The van der Waals surface area contributed by atoms with E-state index in [0.29, 0.717) is 37.5 Å². The van der Waals surface area contributed by atoms with Crippen molar-refractivity contribution in [1.29, 1.82) is 0 Å². The maximum absolute atomic E-state index is 13.5. The number of nitrogens with zero attached hydrogens (tertiary/aromatic N) is 3. The molecule has 0 aromatic heterocycles. The van der Waals surface area contributed by atoms with Crippen LogP contribution in [0.2, 0.25) is 0 Å². The summed E-state index contributed by atoms with van der Waals surface area (Å²) < 4.78 is 11.2. The molecule has 214 valence electrons. The molecule has 5 rings (SSSR count). The van der Waals surface area contributed by atoms with E-state index in [0.717, 1.165) is 43.1 Å². The van der Waals surface area contributed by atoms with E-state index in [1.165, 1.54) is 24.3 Å². The van der Waals surface area contributed by atoms with Crippen LogP contribution in [-0.2, 0) is 4.74 Å². The van der Waals surface area contributed by atoms with Crippen LogP contribution in [-0.4, -0.2) is 69.3 Å². The topological polar surface area (TPSA) is 126 Å². The SMILES string of the molecule is COc1ccccc1N1CCN(c2ccc(NC(=O)c3cccc([N+](=O)[O-])c3)cc2C(=O)NCC2CCCO2)CC1.